The van der Waals surface area contributed by atoms with Crippen LogP contribution in [0.15, 0.2) is 59.6 Å². The molecule has 2 aromatic rings. The fourth-order valence-corrected chi connectivity index (χ4v) is 3.42. The molecule has 1 fully saturated rings. The summed E-state index contributed by atoms with van der Waals surface area (Å²) >= 11 is 0. The molecule has 3 rings (SSSR count). The first kappa shape index (κ1) is 23.0. The minimum absolute atomic E-state index is 0. The standard InChI is InChI=1S/C22H29N5O.HI/c1-18(28)25-20-10-8-19(9-11-20)12-13-24-22(23-2)27-16-14-26(15-17-27)21-6-4-3-5-7-21;/h3-11H,12-17H2,1-2H3,(H,23,24)(H,25,28);1H. The van der Waals surface area contributed by atoms with Gasteiger partial charge >= 0.3 is 0 Å². The van der Waals surface area contributed by atoms with Crippen molar-refractivity contribution in [3.63, 3.8) is 0 Å². The summed E-state index contributed by atoms with van der Waals surface area (Å²) in [6.45, 7) is 6.25. The summed E-state index contributed by atoms with van der Waals surface area (Å²) in [6, 6.07) is 18.5. The van der Waals surface area contributed by atoms with Gasteiger partial charge in [0.05, 0.1) is 0 Å². The highest BCUT2D eigenvalue weighted by Crippen LogP contribution is 2.15. The van der Waals surface area contributed by atoms with E-state index in [1.54, 1.807) is 0 Å². The number of hydrogen-bond donors (Lipinski definition) is 2. The van der Waals surface area contributed by atoms with Crippen molar-refractivity contribution in [1.82, 2.24) is 10.2 Å². The fraction of sp³-hybridized carbons (Fsp3) is 0.364. The highest BCUT2D eigenvalue weighted by atomic mass is 127. The Labute approximate surface area is 190 Å². The molecule has 1 aliphatic rings. The van der Waals surface area contributed by atoms with Crippen LogP contribution in [-0.4, -0.2) is 56.5 Å². The summed E-state index contributed by atoms with van der Waals surface area (Å²) in [5.74, 6) is 0.910. The molecule has 6 nitrogen and oxygen atoms in total. The molecule has 1 aliphatic heterocycles. The van der Waals surface area contributed by atoms with Crippen molar-refractivity contribution in [2.45, 2.75) is 13.3 Å². The molecule has 7 heteroatoms. The molecule has 29 heavy (non-hydrogen) atoms. The van der Waals surface area contributed by atoms with Gasteiger partial charge in [-0.05, 0) is 36.2 Å². The lowest BCUT2D eigenvalue weighted by Gasteiger charge is -2.37. The Bertz CT molecular complexity index is 787. The van der Waals surface area contributed by atoms with Gasteiger partial charge in [0.2, 0.25) is 5.91 Å². The number of carbonyl (C=O) groups is 1. The summed E-state index contributed by atoms with van der Waals surface area (Å²) in [6.07, 6.45) is 0.906. The first-order valence-corrected chi connectivity index (χ1v) is 9.78. The average Bonchev–Trinajstić information content (AvgIpc) is 2.73. The molecule has 0 spiro atoms. The first-order valence-electron chi connectivity index (χ1n) is 9.78. The van der Waals surface area contributed by atoms with Gasteiger partial charge in [-0.25, -0.2) is 0 Å². The van der Waals surface area contributed by atoms with Crippen molar-refractivity contribution in [3.8, 4) is 0 Å². The van der Waals surface area contributed by atoms with Crippen LogP contribution in [0.2, 0.25) is 0 Å². The van der Waals surface area contributed by atoms with E-state index >= 15 is 0 Å². The molecular formula is C22H30IN5O. The van der Waals surface area contributed by atoms with Crippen molar-refractivity contribution in [1.29, 1.82) is 0 Å². The highest BCUT2D eigenvalue weighted by molar-refractivity contribution is 14.0. The third-order valence-electron chi connectivity index (χ3n) is 4.88. The van der Waals surface area contributed by atoms with Crippen LogP contribution >= 0.6 is 24.0 Å². The van der Waals surface area contributed by atoms with Crippen LogP contribution in [0.3, 0.4) is 0 Å². The fourth-order valence-electron chi connectivity index (χ4n) is 3.42. The number of halogens is 1. The number of anilines is 2. The second-order valence-electron chi connectivity index (χ2n) is 6.91. The topological polar surface area (TPSA) is 60.0 Å². The Hall–Kier alpha value is -2.29. The number of benzene rings is 2. The molecule has 0 aliphatic carbocycles. The lowest BCUT2D eigenvalue weighted by molar-refractivity contribution is -0.114. The van der Waals surface area contributed by atoms with E-state index in [4.69, 9.17) is 0 Å². The van der Waals surface area contributed by atoms with E-state index in [2.05, 4.69) is 55.8 Å². The smallest absolute Gasteiger partial charge is 0.221 e. The first-order chi connectivity index (χ1) is 13.7. The molecule has 0 aromatic heterocycles. The van der Waals surface area contributed by atoms with Crippen molar-refractivity contribution < 1.29 is 4.79 Å². The molecule has 156 valence electrons. The van der Waals surface area contributed by atoms with Crippen LogP contribution in [0.1, 0.15) is 12.5 Å². The molecule has 2 aromatic carbocycles. The maximum absolute atomic E-state index is 11.1. The lowest BCUT2D eigenvalue weighted by Crippen LogP contribution is -2.52. The van der Waals surface area contributed by atoms with E-state index in [0.29, 0.717) is 0 Å². The van der Waals surface area contributed by atoms with Crippen LogP contribution in [-0.2, 0) is 11.2 Å². The third kappa shape index (κ3) is 6.92. The van der Waals surface area contributed by atoms with E-state index in [1.807, 2.05) is 31.3 Å². The summed E-state index contributed by atoms with van der Waals surface area (Å²) in [5.41, 5.74) is 3.34. The van der Waals surface area contributed by atoms with Gasteiger partial charge in [-0.3, -0.25) is 9.79 Å². The van der Waals surface area contributed by atoms with E-state index in [9.17, 15) is 4.79 Å². The lowest BCUT2D eigenvalue weighted by atomic mass is 10.1. The number of carbonyl (C=O) groups excluding carboxylic acids is 1. The Morgan fingerprint density at radius 3 is 2.24 bits per heavy atom. The quantitative estimate of drug-likeness (QED) is 0.371. The average molecular weight is 507 g/mol. The zero-order valence-electron chi connectivity index (χ0n) is 17.1. The molecule has 1 heterocycles. The number of rotatable bonds is 5. The van der Waals surface area contributed by atoms with Crippen molar-refractivity contribution in [3.05, 3.63) is 60.2 Å². The zero-order chi connectivity index (χ0) is 19.8. The van der Waals surface area contributed by atoms with E-state index in [1.165, 1.54) is 18.2 Å². The summed E-state index contributed by atoms with van der Waals surface area (Å²) < 4.78 is 0. The summed E-state index contributed by atoms with van der Waals surface area (Å²) in [5, 5.41) is 6.27. The van der Waals surface area contributed by atoms with Crippen molar-refractivity contribution in [2.75, 3.05) is 50.0 Å². The molecule has 0 atom stereocenters. The second-order valence-corrected chi connectivity index (χ2v) is 6.91. The number of aliphatic imine (C=N–C) groups is 1. The van der Waals surface area contributed by atoms with Gasteiger partial charge in [0, 0.05) is 58.1 Å². The predicted octanol–water partition coefficient (Wildman–Crippen LogP) is 3.20. The van der Waals surface area contributed by atoms with Gasteiger partial charge in [0.25, 0.3) is 0 Å². The van der Waals surface area contributed by atoms with Crippen LogP contribution in [0.5, 0.6) is 0 Å². The summed E-state index contributed by atoms with van der Waals surface area (Å²) in [4.78, 5) is 20.3. The van der Waals surface area contributed by atoms with Crippen LogP contribution in [0, 0.1) is 0 Å². The Morgan fingerprint density at radius 2 is 1.66 bits per heavy atom. The zero-order valence-corrected chi connectivity index (χ0v) is 19.4. The van der Waals surface area contributed by atoms with Gasteiger partial charge < -0.3 is 20.4 Å². The van der Waals surface area contributed by atoms with E-state index in [0.717, 1.165) is 50.8 Å². The van der Waals surface area contributed by atoms with Gasteiger partial charge in [-0.1, -0.05) is 30.3 Å². The Balaban J connectivity index is 0.00000300. The van der Waals surface area contributed by atoms with Crippen molar-refractivity contribution >= 4 is 47.2 Å². The monoisotopic (exact) mass is 507 g/mol. The van der Waals surface area contributed by atoms with E-state index < -0.39 is 0 Å². The SMILES string of the molecule is CN=C(NCCc1ccc(NC(C)=O)cc1)N1CCN(c2ccccc2)CC1.I. The highest BCUT2D eigenvalue weighted by Gasteiger charge is 2.19. The molecule has 1 saturated heterocycles. The van der Waals surface area contributed by atoms with Crippen LogP contribution < -0.4 is 15.5 Å². The number of piperazine rings is 1. The molecule has 0 unspecified atom stereocenters. The predicted molar refractivity (Wildman–Crippen MR) is 131 cm³/mol. The van der Waals surface area contributed by atoms with Gasteiger partial charge in [0.15, 0.2) is 5.96 Å². The van der Waals surface area contributed by atoms with Gasteiger partial charge in [0.1, 0.15) is 0 Å². The van der Waals surface area contributed by atoms with Gasteiger partial charge in [-0.2, -0.15) is 0 Å². The van der Waals surface area contributed by atoms with E-state index in [-0.39, 0.29) is 29.9 Å². The Kier molecular flexibility index (Phi) is 9.24. The Morgan fingerprint density at radius 1 is 1.00 bits per heavy atom. The molecule has 0 bridgehead atoms. The van der Waals surface area contributed by atoms with Crippen molar-refractivity contribution in [2.24, 2.45) is 4.99 Å². The molecule has 2 N–H and O–H groups in total. The number of amides is 1. The number of hydrogen-bond acceptors (Lipinski definition) is 3. The normalized spacial score (nSPS) is 14.2. The third-order valence-corrected chi connectivity index (χ3v) is 4.88. The molecule has 0 saturated carbocycles. The maximum atomic E-state index is 11.1. The minimum atomic E-state index is -0.0504. The van der Waals surface area contributed by atoms with Crippen LogP contribution in [0.25, 0.3) is 0 Å². The maximum Gasteiger partial charge on any atom is 0.221 e. The number of nitrogens with one attached hydrogen (secondary N) is 2. The molecule has 1 amide bonds. The second kappa shape index (κ2) is 11.6. The number of guanidine groups is 1. The number of nitrogens with zero attached hydrogens (tertiary/aromatic N) is 3. The molecular weight excluding hydrogens is 477 g/mol. The largest absolute Gasteiger partial charge is 0.368 e. The number of para-hydroxylation sites is 1. The van der Waals surface area contributed by atoms with Gasteiger partial charge in [-0.15, -0.1) is 24.0 Å². The molecule has 0 radical (unpaired) electrons. The summed E-state index contributed by atoms with van der Waals surface area (Å²) in [7, 11) is 1.84. The minimum Gasteiger partial charge on any atom is -0.368 e. The van der Waals surface area contributed by atoms with Crippen LogP contribution in [0.4, 0.5) is 11.4 Å².